The van der Waals surface area contributed by atoms with Crippen LogP contribution in [-0.4, -0.2) is 49.9 Å². The zero-order chi connectivity index (χ0) is 17.1. The molecule has 1 fully saturated rings. The number of fused-ring (bicyclic) bond motifs is 3. The predicted molar refractivity (Wildman–Crippen MR) is 93.5 cm³/mol. The molecule has 1 aromatic rings. The normalized spacial score (nSPS) is 26.6. The zero-order valence-electron chi connectivity index (χ0n) is 14.5. The van der Waals surface area contributed by atoms with Crippen LogP contribution >= 0.6 is 0 Å². The van der Waals surface area contributed by atoms with Crippen molar-refractivity contribution >= 4 is 17.9 Å². The molecule has 3 rings (SSSR count). The number of ketones is 1. The summed E-state index contributed by atoms with van der Waals surface area (Å²) in [5.41, 5.74) is 2.44. The molecule has 24 heavy (non-hydrogen) atoms. The van der Waals surface area contributed by atoms with E-state index in [1.165, 1.54) is 0 Å². The van der Waals surface area contributed by atoms with Crippen molar-refractivity contribution in [3.05, 3.63) is 29.3 Å². The maximum atomic E-state index is 12.8. The van der Waals surface area contributed by atoms with E-state index in [4.69, 9.17) is 4.74 Å². The van der Waals surface area contributed by atoms with Crippen molar-refractivity contribution in [2.45, 2.75) is 38.1 Å². The van der Waals surface area contributed by atoms with Crippen LogP contribution in [0, 0.1) is 5.92 Å². The first kappa shape index (κ1) is 17.1. The van der Waals surface area contributed by atoms with Crippen LogP contribution in [0.1, 0.15) is 48.0 Å². The molecular weight excluding hydrogens is 304 g/mol. The number of carbonyl (C=O) groups is 2. The number of benzene rings is 1. The molecule has 0 bridgehead atoms. The van der Waals surface area contributed by atoms with E-state index in [-0.39, 0.29) is 11.8 Å². The molecular formula is C19H26N2O3. The van der Waals surface area contributed by atoms with E-state index >= 15 is 0 Å². The molecule has 130 valence electrons. The average molecular weight is 330 g/mol. The van der Waals surface area contributed by atoms with E-state index < -0.39 is 0 Å². The summed E-state index contributed by atoms with van der Waals surface area (Å²) in [6.45, 7) is 4.94. The molecule has 3 atom stereocenters. The maximum Gasteiger partial charge on any atom is 0.211 e. The van der Waals surface area contributed by atoms with Crippen LogP contribution in [0.5, 0.6) is 0 Å². The second-order valence-electron chi connectivity index (χ2n) is 6.89. The van der Waals surface area contributed by atoms with Crippen LogP contribution in [0.3, 0.4) is 0 Å². The van der Waals surface area contributed by atoms with Gasteiger partial charge in [-0.15, -0.1) is 0 Å². The number of likely N-dealkylation sites (tertiary alicyclic amines) is 1. The first-order valence-electron chi connectivity index (χ1n) is 8.78. The number of Topliss-reactive ketones (excluding diaryl/α,β-unsaturated/α-hetero) is 1. The van der Waals surface area contributed by atoms with Crippen LogP contribution in [0.25, 0.3) is 0 Å². The fourth-order valence-corrected chi connectivity index (χ4v) is 4.48. The highest BCUT2D eigenvalue weighted by Crippen LogP contribution is 2.44. The summed E-state index contributed by atoms with van der Waals surface area (Å²) < 4.78 is 5.41. The molecule has 1 heterocycles. The van der Waals surface area contributed by atoms with Gasteiger partial charge in [0, 0.05) is 37.6 Å². The standard InChI is InChI=1S/C19H26N2O3/c1-3-7-21-10-13(11-24-2)8-15-14-5-4-6-16(20-12-22)19(14)18(23)9-17(15)21/h4-6,12-13,15,17H,3,7-11H2,1-2H3,(H,20,22)/t13-,15?,17?/m1/s1. The third kappa shape index (κ3) is 3.10. The average Bonchev–Trinajstić information content (AvgIpc) is 2.57. The van der Waals surface area contributed by atoms with Crippen molar-refractivity contribution in [2.75, 3.05) is 32.1 Å². The predicted octanol–water partition coefficient (Wildman–Crippen LogP) is 2.67. The fraction of sp³-hybridized carbons (Fsp3) is 0.579. The van der Waals surface area contributed by atoms with Crippen molar-refractivity contribution in [3.8, 4) is 0 Å². The van der Waals surface area contributed by atoms with Gasteiger partial charge in [0.2, 0.25) is 6.41 Å². The van der Waals surface area contributed by atoms with Crippen LogP contribution in [0.15, 0.2) is 18.2 Å². The van der Waals surface area contributed by atoms with Crippen LogP contribution in [0.4, 0.5) is 5.69 Å². The number of nitrogens with zero attached hydrogens (tertiary/aromatic N) is 1. The van der Waals surface area contributed by atoms with Gasteiger partial charge in [-0.25, -0.2) is 0 Å². The Balaban J connectivity index is 1.99. The summed E-state index contributed by atoms with van der Waals surface area (Å²) in [5, 5.41) is 2.69. The number of methoxy groups -OCH3 is 1. The first-order valence-corrected chi connectivity index (χ1v) is 8.78. The molecule has 0 aromatic heterocycles. The summed E-state index contributed by atoms with van der Waals surface area (Å²) in [6, 6.07) is 6.07. The Hall–Kier alpha value is -1.72. The minimum absolute atomic E-state index is 0.141. The van der Waals surface area contributed by atoms with E-state index in [0.717, 1.165) is 38.1 Å². The summed E-state index contributed by atoms with van der Waals surface area (Å²) in [6.07, 6.45) is 3.29. The van der Waals surface area contributed by atoms with Gasteiger partial charge in [-0.3, -0.25) is 14.5 Å². The molecule has 1 aliphatic carbocycles. The van der Waals surface area contributed by atoms with Crippen LogP contribution in [-0.2, 0) is 9.53 Å². The lowest BCUT2D eigenvalue weighted by Gasteiger charge is -2.47. The van der Waals surface area contributed by atoms with Gasteiger partial charge in [0.05, 0.1) is 12.3 Å². The molecule has 1 amide bonds. The van der Waals surface area contributed by atoms with Gasteiger partial charge < -0.3 is 10.1 Å². The number of anilines is 1. The van der Waals surface area contributed by atoms with E-state index in [1.54, 1.807) is 7.11 Å². The van der Waals surface area contributed by atoms with Gasteiger partial charge in [0.25, 0.3) is 0 Å². The lowest BCUT2D eigenvalue weighted by Crippen LogP contribution is -2.51. The summed E-state index contributed by atoms with van der Waals surface area (Å²) in [7, 11) is 1.75. The van der Waals surface area contributed by atoms with Gasteiger partial charge in [0.15, 0.2) is 5.78 Å². The highest BCUT2D eigenvalue weighted by Gasteiger charge is 2.42. The fourth-order valence-electron chi connectivity index (χ4n) is 4.48. The Bertz CT molecular complexity index is 617. The highest BCUT2D eigenvalue weighted by atomic mass is 16.5. The Morgan fingerprint density at radius 1 is 1.42 bits per heavy atom. The second kappa shape index (κ2) is 7.45. The molecule has 2 unspecified atom stereocenters. The molecule has 1 saturated heterocycles. The van der Waals surface area contributed by atoms with Crippen LogP contribution < -0.4 is 5.32 Å². The van der Waals surface area contributed by atoms with Crippen molar-refractivity contribution in [2.24, 2.45) is 5.92 Å². The lowest BCUT2D eigenvalue weighted by molar-refractivity contribution is -0.105. The molecule has 1 aromatic carbocycles. The Morgan fingerprint density at radius 3 is 2.96 bits per heavy atom. The lowest BCUT2D eigenvalue weighted by atomic mass is 9.71. The first-order chi connectivity index (χ1) is 11.7. The van der Waals surface area contributed by atoms with E-state index in [2.05, 4.69) is 23.2 Å². The number of nitrogens with one attached hydrogen (secondary N) is 1. The third-order valence-corrected chi connectivity index (χ3v) is 5.31. The number of ether oxygens (including phenoxy) is 1. The Kier molecular flexibility index (Phi) is 5.31. The smallest absolute Gasteiger partial charge is 0.211 e. The molecule has 0 saturated carbocycles. The number of carbonyl (C=O) groups excluding carboxylic acids is 2. The Labute approximate surface area is 143 Å². The highest BCUT2D eigenvalue weighted by molar-refractivity contribution is 6.05. The van der Waals surface area contributed by atoms with E-state index in [1.807, 2.05) is 12.1 Å². The number of rotatable bonds is 6. The third-order valence-electron chi connectivity index (χ3n) is 5.31. The SMILES string of the molecule is CCCN1C[C@H](COC)CC2c3cccc(NC=O)c3C(=O)CC21. The Morgan fingerprint density at radius 2 is 2.25 bits per heavy atom. The van der Waals surface area contributed by atoms with Crippen molar-refractivity contribution < 1.29 is 14.3 Å². The largest absolute Gasteiger partial charge is 0.384 e. The molecule has 1 aliphatic heterocycles. The molecule has 5 nitrogen and oxygen atoms in total. The van der Waals surface area contributed by atoms with Crippen LogP contribution in [0.2, 0.25) is 0 Å². The van der Waals surface area contributed by atoms with Crippen molar-refractivity contribution in [3.63, 3.8) is 0 Å². The topological polar surface area (TPSA) is 58.6 Å². The number of hydrogen-bond acceptors (Lipinski definition) is 4. The molecule has 0 spiro atoms. The number of amides is 1. The van der Waals surface area contributed by atoms with Gasteiger partial charge in [-0.2, -0.15) is 0 Å². The van der Waals surface area contributed by atoms with Gasteiger partial charge >= 0.3 is 0 Å². The van der Waals surface area contributed by atoms with Gasteiger partial charge in [0.1, 0.15) is 0 Å². The van der Waals surface area contributed by atoms with E-state index in [0.29, 0.717) is 35.9 Å². The number of piperidine rings is 1. The van der Waals surface area contributed by atoms with Gasteiger partial charge in [-0.05, 0) is 36.9 Å². The minimum atomic E-state index is 0.141. The second-order valence-corrected chi connectivity index (χ2v) is 6.89. The molecule has 2 aliphatic rings. The quantitative estimate of drug-likeness (QED) is 0.815. The van der Waals surface area contributed by atoms with Crippen molar-refractivity contribution in [1.82, 2.24) is 4.90 Å². The monoisotopic (exact) mass is 330 g/mol. The molecule has 1 N–H and O–H groups in total. The van der Waals surface area contributed by atoms with E-state index in [9.17, 15) is 9.59 Å². The molecule has 5 heteroatoms. The maximum absolute atomic E-state index is 12.8. The van der Waals surface area contributed by atoms with Gasteiger partial charge in [-0.1, -0.05) is 19.1 Å². The summed E-state index contributed by atoms with van der Waals surface area (Å²) >= 11 is 0. The minimum Gasteiger partial charge on any atom is -0.384 e. The number of hydrogen-bond donors (Lipinski definition) is 1. The summed E-state index contributed by atoms with van der Waals surface area (Å²) in [5.74, 6) is 0.945. The van der Waals surface area contributed by atoms with Crippen molar-refractivity contribution in [1.29, 1.82) is 0 Å². The molecule has 0 radical (unpaired) electrons. The summed E-state index contributed by atoms with van der Waals surface area (Å²) in [4.78, 5) is 26.1. The zero-order valence-corrected chi connectivity index (χ0v) is 14.5.